The minimum Gasteiger partial charge on any atom is -0.465 e. The summed E-state index contributed by atoms with van der Waals surface area (Å²) in [6, 6.07) is 3.74. The third kappa shape index (κ3) is 2.37. The van der Waals surface area contributed by atoms with Gasteiger partial charge in [-0.25, -0.2) is 4.79 Å². The third-order valence-corrected chi connectivity index (χ3v) is 4.74. The molecule has 6 heteroatoms. The number of likely N-dealkylation sites (tertiary alicyclic amines) is 1. The second kappa shape index (κ2) is 4.94. The van der Waals surface area contributed by atoms with Crippen LogP contribution in [0.25, 0.3) is 0 Å². The van der Waals surface area contributed by atoms with Gasteiger partial charge in [0.1, 0.15) is 4.88 Å². The number of hydrogen-bond donors (Lipinski definition) is 0. The molecule has 2 atom stereocenters. The molecule has 0 saturated carbocycles. The van der Waals surface area contributed by atoms with Gasteiger partial charge >= 0.3 is 11.9 Å². The zero-order chi connectivity index (χ0) is 13.4. The lowest BCUT2D eigenvalue weighted by Gasteiger charge is -2.15. The largest absolute Gasteiger partial charge is 0.465 e. The molecular weight excluding hydrogens is 266 g/mol. The topological polar surface area (TPSA) is 55.8 Å². The molecule has 0 radical (unpaired) electrons. The summed E-state index contributed by atoms with van der Waals surface area (Å²) in [5.74, 6) is 0.0274. The second-order valence-corrected chi connectivity index (χ2v) is 6.12. The van der Waals surface area contributed by atoms with E-state index in [1.807, 2.05) is 6.07 Å². The summed E-state index contributed by atoms with van der Waals surface area (Å²) in [5.41, 5.74) is 0. The van der Waals surface area contributed by atoms with Crippen LogP contribution in [-0.2, 0) is 20.8 Å². The highest BCUT2D eigenvalue weighted by Gasteiger charge is 2.43. The van der Waals surface area contributed by atoms with Gasteiger partial charge in [-0.2, -0.15) is 0 Å². The fourth-order valence-corrected chi connectivity index (χ4v) is 3.68. The van der Waals surface area contributed by atoms with Crippen LogP contribution in [0.15, 0.2) is 12.1 Å². The number of rotatable bonds is 3. The maximum absolute atomic E-state index is 11.5. The standard InChI is InChI=1S/C13H15NO4S/c1-17-13(16)11-3-2-9(19-11)5-14-4-8-7-18-12(15)10(8)6-14/h2-3,8,10H,4-7H2,1H3/t8-,10-/m1/s1. The number of cyclic esters (lactones) is 1. The van der Waals surface area contributed by atoms with E-state index < -0.39 is 0 Å². The number of ether oxygens (including phenoxy) is 2. The van der Waals surface area contributed by atoms with Crippen molar-refractivity contribution in [1.29, 1.82) is 0 Å². The molecule has 3 rings (SSSR count). The first-order valence-electron chi connectivity index (χ1n) is 6.23. The minimum atomic E-state index is -0.293. The summed E-state index contributed by atoms with van der Waals surface area (Å²) in [7, 11) is 1.38. The Bertz CT molecular complexity index is 512. The van der Waals surface area contributed by atoms with Gasteiger partial charge in [0.15, 0.2) is 0 Å². The Kier molecular flexibility index (Phi) is 3.28. The first kappa shape index (κ1) is 12.6. The summed E-state index contributed by atoms with van der Waals surface area (Å²) >= 11 is 1.45. The lowest BCUT2D eigenvalue weighted by molar-refractivity contribution is -0.141. The van der Waals surface area contributed by atoms with E-state index in [2.05, 4.69) is 4.90 Å². The van der Waals surface area contributed by atoms with E-state index in [4.69, 9.17) is 9.47 Å². The number of thiophene rings is 1. The molecule has 0 N–H and O–H groups in total. The molecule has 1 aromatic heterocycles. The molecule has 0 aliphatic carbocycles. The van der Waals surface area contributed by atoms with Crippen LogP contribution in [0, 0.1) is 11.8 Å². The quantitative estimate of drug-likeness (QED) is 0.778. The van der Waals surface area contributed by atoms with Crippen molar-refractivity contribution in [1.82, 2.24) is 4.90 Å². The zero-order valence-electron chi connectivity index (χ0n) is 10.6. The van der Waals surface area contributed by atoms with Gasteiger partial charge in [-0.3, -0.25) is 9.69 Å². The minimum absolute atomic E-state index is 0.0417. The molecular formula is C13H15NO4S. The predicted molar refractivity (Wildman–Crippen MR) is 68.9 cm³/mol. The number of carbonyl (C=O) groups excluding carboxylic acids is 2. The van der Waals surface area contributed by atoms with E-state index in [9.17, 15) is 9.59 Å². The average molecular weight is 281 g/mol. The molecule has 0 aromatic carbocycles. The number of methoxy groups -OCH3 is 1. The summed E-state index contributed by atoms with van der Waals surface area (Å²) in [6.45, 7) is 2.98. The first-order chi connectivity index (χ1) is 9.17. The van der Waals surface area contributed by atoms with Crippen molar-refractivity contribution < 1.29 is 19.1 Å². The van der Waals surface area contributed by atoms with Gasteiger partial charge in [0.2, 0.25) is 0 Å². The van der Waals surface area contributed by atoms with Gasteiger partial charge in [-0.1, -0.05) is 0 Å². The smallest absolute Gasteiger partial charge is 0.348 e. The Morgan fingerprint density at radius 3 is 3.11 bits per heavy atom. The Balaban J connectivity index is 1.62. The van der Waals surface area contributed by atoms with Crippen LogP contribution in [0.1, 0.15) is 14.5 Å². The average Bonchev–Trinajstić information content (AvgIpc) is 3.08. The number of hydrogen-bond acceptors (Lipinski definition) is 6. The third-order valence-electron chi connectivity index (χ3n) is 3.69. The predicted octanol–water partition coefficient (Wildman–Crippen LogP) is 1.14. The van der Waals surface area contributed by atoms with Gasteiger partial charge in [-0.05, 0) is 12.1 Å². The van der Waals surface area contributed by atoms with Crippen molar-refractivity contribution >= 4 is 23.3 Å². The molecule has 2 aliphatic rings. The Morgan fingerprint density at radius 1 is 1.53 bits per heavy atom. The summed E-state index contributed by atoms with van der Waals surface area (Å²) < 4.78 is 9.74. The van der Waals surface area contributed by atoms with Crippen LogP contribution in [0.5, 0.6) is 0 Å². The van der Waals surface area contributed by atoms with Crippen LogP contribution in [0.3, 0.4) is 0 Å². The lowest BCUT2D eigenvalue weighted by Crippen LogP contribution is -2.23. The molecule has 1 aromatic rings. The van der Waals surface area contributed by atoms with Gasteiger partial charge in [0, 0.05) is 30.4 Å². The van der Waals surface area contributed by atoms with Gasteiger partial charge < -0.3 is 9.47 Å². The van der Waals surface area contributed by atoms with E-state index >= 15 is 0 Å². The van der Waals surface area contributed by atoms with Crippen LogP contribution in [0.2, 0.25) is 0 Å². The Morgan fingerprint density at radius 2 is 2.37 bits per heavy atom. The molecule has 0 amide bonds. The maximum Gasteiger partial charge on any atom is 0.348 e. The lowest BCUT2D eigenvalue weighted by atomic mass is 10.0. The van der Waals surface area contributed by atoms with E-state index in [1.54, 1.807) is 6.07 Å². The molecule has 0 bridgehead atoms. The van der Waals surface area contributed by atoms with Crippen LogP contribution >= 0.6 is 11.3 Å². The zero-order valence-corrected chi connectivity index (χ0v) is 11.4. The number of nitrogens with zero attached hydrogens (tertiary/aromatic N) is 1. The summed E-state index contributed by atoms with van der Waals surface area (Å²) in [4.78, 5) is 26.9. The Hall–Kier alpha value is -1.40. The molecule has 3 heterocycles. The molecule has 2 saturated heterocycles. The highest BCUT2D eigenvalue weighted by Crippen LogP contribution is 2.32. The van der Waals surface area contributed by atoms with Crippen LogP contribution in [-0.4, -0.2) is 43.6 Å². The van der Waals surface area contributed by atoms with Crippen molar-refractivity contribution in [3.8, 4) is 0 Å². The molecule has 19 heavy (non-hydrogen) atoms. The van der Waals surface area contributed by atoms with Gasteiger partial charge in [0.05, 0.1) is 19.6 Å². The van der Waals surface area contributed by atoms with Crippen molar-refractivity contribution in [2.75, 3.05) is 26.8 Å². The van der Waals surface area contributed by atoms with E-state index in [0.717, 1.165) is 24.5 Å². The first-order valence-corrected chi connectivity index (χ1v) is 7.05. The monoisotopic (exact) mass is 281 g/mol. The van der Waals surface area contributed by atoms with Crippen molar-refractivity contribution in [2.45, 2.75) is 6.54 Å². The van der Waals surface area contributed by atoms with Gasteiger partial charge in [0.25, 0.3) is 0 Å². The molecule has 0 spiro atoms. The molecule has 2 fully saturated rings. The fraction of sp³-hybridized carbons (Fsp3) is 0.538. The van der Waals surface area contributed by atoms with E-state index in [0.29, 0.717) is 17.4 Å². The van der Waals surface area contributed by atoms with Crippen LogP contribution < -0.4 is 0 Å². The van der Waals surface area contributed by atoms with Crippen LogP contribution in [0.4, 0.5) is 0 Å². The van der Waals surface area contributed by atoms with Gasteiger partial charge in [-0.15, -0.1) is 11.3 Å². The number of fused-ring (bicyclic) bond motifs is 1. The summed E-state index contributed by atoms with van der Waals surface area (Å²) in [6.07, 6.45) is 0. The van der Waals surface area contributed by atoms with E-state index in [-0.39, 0.29) is 17.9 Å². The molecule has 5 nitrogen and oxygen atoms in total. The van der Waals surface area contributed by atoms with Crippen molar-refractivity contribution in [2.24, 2.45) is 11.8 Å². The molecule has 102 valence electrons. The van der Waals surface area contributed by atoms with E-state index in [1.165, 1.54) is 18.4 Å². The SMILES string of the molecule is COC(=O)c1ccc(CN2C[C@@H]3COC(=O)[C@@H]3C2)s1. The Labute approximate surface area is 115 Å². The molecule has 2 aliphatic heterocycles. The number of esters is 2. The highest BCUT2D eigenvalue weighted by molar-refractivity contribution is 7.13. The number of carbonyl (C=O) groups is 2. The maximum atomic E-state index is 11.5. The van der Waals surface area contributed by atoms with Crippen molar-refractivity contribution in [3.63, 3.8) is 0 Å². The highest BCUT2D eigenvalue weighted by atomic mass is 32.1. The van der Waals surface area contributed by atoms with Crippen molar-refractivity contribution in [3.05, 3.63) is 21.9 Å². The molecule has 0 unspecified atom stereocenters. The fourth-order valence-electron chi connectivity index (χ4n) is 2.72. The second-order valence-electron chi connectivity index (χ2n) is 4.95. The normalized spacial score (nSPS) is 26.3. The summed E-state index contributed by atoms with van der Waals surface area (Å²) in [5, 5.41) is 0.